The fourth-order valence-electron chi connectivity index (χ4n) is 1.00. The van der Waals surface area contributed by atoms with Crippen molar-refractivity contribution in [3.8, 4) is 0 Å². The minimum absolute atomic E-state index is 0.0735. The molecule has 0 amide bonds. The summed E-state index contributed by atoms with van der Waals surface area (Å²) < 4.78 is 0. The Kier molecular flexibility index (Phi) is 2.98. The van der Waals surface area contributed by atoms with E-state index >= 15 is 0 Å². The average Bonchev–Trinajstić information content (AvgIpc) is 2.07. The minimum atomic E-state index is -0.419. The third-order valence-corrected chi connectivity index (χ3v) is 1.61. The van der Waals surface area contributed by atoms with E-state index in [4.69, 9.17) is 0 Å². The topological polar surface area (TPSA) is 71.3 Å². The first-order valence-corrected chi connectivity index (χ1v) is 4.05. The van der Waals surface area contributed by atoms with Crippen molar-refractivity contribution in [3.63, 3.8) is 0 Å². The molecule has 0 fully saturated rings. The predicted molar refractivity (Wildman–Crippen MR) is 52.9 cm³/mol. The lowest BCUT2D eigenvalue weighted by molar-refractivity contribution is -0.385. The van der Waals surface area contributed by atoms with Gasteiger partial charge in [0.05, 0.1) is 11.0 Å². The van der Waals surface area contributed by atoms with Crippen LogP contribution in [0.5, 0.6) is 0 Å². The molecule has 6 heteroatoms. The van der Waals surface area contributed by atoms with E-state index in [0.29, 0.717) is 11.4 Å². The molecule has 1 N–H and O–H groups in total. The molecule has 0 aromatic carbocycles. The van der Waals surface area contributed by atoms with E-state index in [-0.39, 0.29) is 5.69 Å². The second kappa shape index (κ2) is 4.01. The molecule has 6 nitrogen and oxygen atoms in total. The zero-order valence-electron chi connectivity index (χ0n) is 8.31. The Morgan fingerprint density at radius 1 is 1.57 bits per heavy atom. The summed E-state index contributed by atoms with van der Waals surface area (Å²) in [6.45, 7) is 1.66. The van der Waals surface area contributed by atoms with Gasteiger partial charge < -0.3 is 5.43 Å². The largest absolute Gasteiger partial charge is 0.303 e. The maximum Gasteiger partial charge on any atom is 0.277 e. The zero-order valence-corrected chi connectivity index (χ0v) is 8.31. The van der Waals surface area contributed by atoms with E-state index in [1.807, 2.05) is 0 Å². The summed E-state index contributed by atoms with van der Waals surface area (Å²) in [6.07, 6.45) is 1.48. The highest BCUT2D eigenvalue weighted by atomic mass is 16.6. The zero-order chi connectivity index (χ0) is 10.7. The fourth-order valence-corrected chi connectivity index (χ4v) is 1.00. The second-order valence-electron chi connectivity index (χ2n) is 3.12. The van der Waals surface area contributed by atoms with Crippen molar-refractivity contribution in [2.45, 2.75) is 6.92 Å². The van der Waals surface area contributed by atoms with E-state index in [9.17, 15) is 10.1 Å². The van der Waals surface area contributed by atoms with Gasteiger partial charge >= 0.3 is 0 Å². The van der Waals surface area contributed by atoms with E-state index in [1.54, 1.807) is 26.0 Å². The number of aryl methyl sites for hydroxylation is 1. The van der Waals surface area contributed by atoms with E-state index in [0.717, 1.165) is 0 Å². The highest BCUT2D eigenvalue weighted by molar-refractivity contribution is 5.48. The number of hydrazine groups is 1. The molecule has 1 heterocycles. The summed E-state index contributed by atoms with van der Waals surface area (Å²) in [7, 11) is 3.57. The molecular formula is C8H12N4O2. The van der Waals surface area contributed by atoms with Gasteiger partial charge in [0.1, 0.15) is 5.82 Å². The number of hydrogen-bond donors (Lipinski definition) is 1. The van der Waals surface area contributed by atoms with Gasteiger partial charge in [0.15, 0.2) is 0 Å². The lowest BCUT2D eigenvalue weighted by Crippen LogP contribution is -2.20. The van der Waals surface area contributed by atoms with Crippen LogP contribution in [-0.2, 0) is 0 Å². The van der Waals surface area contributed by atoms with Crippen molar-refractivity contribution < 1.29 is 4.92 Å². The standard InChI is InChI=1S/C8H12N4O2/c1-6-5-9-8(10-11(2)3)4-7(6)12(13)14/h4-5H,1-3H3,(H,9,10). The molecule has 0 bridgehead atoms. The first-order valence-electron chi connectivity index (χ1n) is 4.05. The molecule has 0 aliphatic carbocycles. The summed E-state index contributed by atoms with van der Waals surface area (Å²) in [5.74, 6) is 0.465. The van der Waals surface area contributed by atoms with Crippen LogP contribution in [0.4, 0.5) is 11.5 Å². The third-order valence-electron chi connectivity index (χ3n) is 1.61. The van der Waals surface area contributed by atoms with Gasteiger partial charge in [0.25, 0.3) is 5.69 Å². The van der Waals surface area contributed by atoms with Crippen molar-refractivity contribution in [2.24, 2.45) is 0 Å². The molecule has 0 saturated carbocycles. The third kappa shape index (κ3) is 2.40. The predicted octanol–water partition coefficient (Wildman–Crippen LogP) is 1.19. The monoisotopic (exact) mass is 196 g/mol. The first-order chi connectivity index (χ1) is 6.50. The summed E-state index contributed by atoms with van der Waals surface area (Å²) in [5.41, 5.74) is 3.47. The van der Waals surface area contributed by atoms with Crippen LogP contribution in [0.15, 0.2) is 12.3 Å². The Morgan fingerprint density at radius 3 is 2.71 bits per heavy atom. The molecule has 14 heavy (non-hydrogen) atoms. The van der Waals surface area contributed by atoms with Gasteiger partial charge in [0, 0.05) is 25.9 Å². The molecule has 0 aliphatic heterocycles. The Morgan fingerprint density at radius 2 is 2.21 bits per heavy atom. The molecule has 0 aliphatic rings. The number of hydrogen-bond acceptors (Lipinski definition) is 5. The van der Waals surface area contributed by atoms with Crippen LogP contribution in [0.1, 0.15) is 5.56 Å². The average molecular weight is 196 g/mol. The Bertz CT molecular complexity index is 351. The van der Waals surface area contributed by atoms with Crippen LogP contribution >= 0.6 is 0 Å². The smallest absolute Gasteiger partial charge is 0.277 e. The summed E-state index contributed by atoms with van der Waals surface area (Å²) >= 11 is 0. The minimum Gasteiger partial charge on any atom is -0.303 e. The summed E-state index contributed by atoms with van der Waals surface area (Å²) in [5, 5.41) is 12.3. The normalized spacial score (nSPS) is 10.3. The van der Waals surface area contributed by atoms with E-state index in [1.165, 1.54) is 12.3 Å². The lowest BCUT2D eigenvalue weighted by Gasteiger charge is -2.12. The number of aromatic nitrogens is 1. The van der Waals surface area contributed by atoms with Crippen LogP contribution < -0.4 is 5.43 Å². The summed E-state index contributed by atoms with van der Waals surface area (Å²) in [6, 6.07) is 1.41. The number of nitrogens with zero attached hydrogens (tertiary/aromatic N) is 3. The quantitative estimate of drug-likeness (QED) is 0.580. The van der Waals surface area contributed by atoms with Gasteiger partial charge in [-0.15, -0.1) is 0 Å². The fraction of sp³-hybridized carbons (Fsp3) is 0.375. The van der Waals surface area contributed by atoms with Gasteiger partial charge in [0.2, 0.25) is 0 Å². The summed E-state index contributed by atoms with van der Waals surface area (Å²) in [4.78, 5) is 14.2. The van der Waals surface area contributed by atoms with E-state index < -0.39 is 4.92 Å². The SMILES string of the molecule is Cc1cnc(NN(C)C)cc1[N+](=O)[O-]. The number of anilines is 1. The number of pyridine rings is 1. The Balaban J connectivity index is 3.00. The van der Waals surface area contributed by atoms with Gasteiger partial charge in [-0.2, -0.15) is 0 Å². The van der Waals surface area contributed by atoms with Gasteiger partial charge in [-0.25, -0.2) is 9.99 Å². The second-order valence-corrected chi connectivity index (χ2v) is 3.12. The van der Waals surface area contributed by atoms with Crippen LogP contribution in [0.3, 0.4) is 0 Å². The van der Waals surface area contributed by atoms with Crippen molar-refractivity contribution in [3.05, 3.63) is 27.9 Å². The van der Waals surface area contributed by atoms with Crippen LogP contribution in [0.2, 0.25) is 0 Å². The molecule has 0 saturated heterocycles. The maximum absolute atomic E-state index is 10.6. The van der Waals surface area contributed by atoms with Gasteiger partial charge in [-0.3, -0.25) is 10.1 Å². The molecular weight excluding hydrogens is 184 g/mol. The van der Waals surface area contributed by atoms with Crippen LogP contribution in [0.25, 0.3) is 0 Å². The highest BCUT2D eigenvalue weighted by Crippen LogP contribution is 2.19. The number of nitro groups is 1. The van der Waals surface area contributed by atoms with Crippen molar-refractivity contribution in [1.29, 1.82) is 0 Å². The molecule has 76 valence electrons. The molecule has 1 rings (SSSR count). The lowest BCUT2D eigenvalue weighted by atomic mass is 10.2. The molecule has 0 atom stereocenters. The van der Waals surface area contributed by atoms with E-state index in [2.05, 4.69) is 10.4 Å². The number of rotatable bonds is 3. The Labute approximate surface area is 81.7 Å². The Hall–Kier alpha value is -1.69. The first kappa shape index (κ1) is 10.4. The molecule has 1 aromatic heterocycles. The highest BCUT2D eigenvalue weighted by Gasteiger charge is 2.11. The van der Waals surface area contributed by atoms with Gasteiger partial charge in [-0.05, 0) is 6.92 Å². The van der Waals surface area contributed by atoms with Crippen molar-refractivity contribution in [1.82, 2.24) is 9.99 Å². The number of nitrogens with one attached hydrogen (secondary N) is 1. The van der Waals surface area contributed by atoms with Crippen molar-refractivity contribution in [2.75, 3.05) is 19.5 Å². The van der Waals surface area contributed by atoms with Gasteiger partial charge in [-0.1, -0.05) is 0 Å². The molecule has 1 aromatic rings. The molecule has 0 spiro atoms. The molecule has 0 radical (unpaired) electrons. The maximum atomic E-state index is 10.6. The van der Waals surface area contributed by atoms with Crippen molar-refractivity contribution >= 4 is 11.5 Å². The molecule has 0 unspecified atom stereocenters. The van der Waals surface area contributed by atoms with Crippen LogP contribution in [-0.4, -0.2) is 29.0 Å². The van der Waals surface area contributed by atoms with Crippen LogP contribution in [0, 0.1) is 17.0 Å².